The molecule has 2 heteroatoms. The van der Waals surface area contributed by atoms with Crippen molar-refractivity contribution in [2.45, 2.75) is 65.0 Å². The largest absolute Gasteiger partial charge is 0.326 e. The first kappa shape index (κ1) is 49.5. The molecule has 11 rings (SSSR count). The molecule has 2 nitrogen and oxygen atoms in total. The lowest BCUT2D eigenvalue weighted by molar-refractivity contribution is 0.563. The molecule has 9 aromatic rings. The van der Waals surface area contributed by atoms with Gasteiger partial charge in [0.2, 0.25) is 0 Å². The molecule has 0 atom stereocenters. The number of nitrogens with zero attached hydrogens (tertiary/aromatic N) is 1. The summed E-state index contributed by atoms with van der Waals surface area (Å²) in [7, 11) is 0. The molecule has 2 aliphatic rings. The molecule has 0 bridgehead atoms. The van der Waals surface area contributed by atoms with Gasteiger partial charge in [0.1, 0.15) is 0 Å². The van der Waals surface area contributed by atoms with E-state index in [1.165, 1.54) is 94.6 Å². The second-order valence-electron chi connectivity index (χ2n) is 18.5. The predicted molar refractivity (Wildman–Crippen MR) is 305 cm³/mol. The van der Waals surface area contributed by atoms with Crippen LogP contribution in [0.15, 0.2) is 248 Å². The summed E-state index contributed by atoms with van der Waals surface area (Å²) in [6, 6.07) is 82.5. The standard InChI is InChI=1S/C46H39N.C13H12.C8H9N.C2H6/c1-45(2)39-19-9-11-21-41(39)46(42-22-12-10-20-40(42)45)38-29-26-33(30-37(38)44-36(31-47)18-13-23-43(44)46)25-28-35(34-16-7-4-8-17-34)27-24-32-14-5-3-6-15-32;1-11-7-9-13(10-8-11)12-5-3-2-4-6-12;1-9-7-8-5-3-2-4-6-8;1-2/h3-23,25-30H,24,31,47H2,1-2H3;2-10H,1H3;2-6H,1,7H2;1-2H3/b28-25+,35-27+;;;. The van der Waals surface area contributed by atoms with Crippen molar-refractivity contribution < 1.29 is 0 Å². The van der Waals surface area contributed by atoms with Crippen molar-refractivity contribution in [3.63, 3.8) is 0 Å². The van der Waals surface area contributed by atoms with Crippen LogP contribution in [0.2, 0.25) is 0 Å². The lowest BCUT2D eigenvalue weighted by Gasteiger charge is -2.46. The van der Waals surface area contributed by atoms with E-state index in [1.807, 2.05) is 50.2 Å². The fourth-order valence-corrected chi connectivity index (χ4v) is 10.4. The highest BCUT2D eigenvalue weighted by Gasteiger charge is 2.53. The third kappa shape index (κ3) is 10.5. The maximum Gasteiger partial charge on any atom is 0.0719 e. The van der Waals surface area contributed by atoms with E-state index in [0.717, 1.165) is 13.0 Å². The highest BCUT2D eigenvalue weighted by Crippen LogP contribution is 2.62. The fraction of sp³-hybridized carbons (Fsp3) is 0.145. The van der Waals surface area contributed by atoms with Crippen molar-refractivity contribution in [3.05, 3.63) is 309 Å². The number of hydrogen-bond donors (Lipinski definition) is 1. The van der Waals surface area contributed by atoms with Crippen molar-refractivity contribution >= 4 is 18.4 Å². The van der Waals surface area contributed by atoms with E-state index in [4.69, 9.17) is 5.73 Å². The number of allylic oxidation sites excluding steroid dienone is 3. The zero-order chi connectivity index (χ0) is 49.6. The van der Waals surface area contributed by atoms with Gasteiger partial charge in [-0.05, 0) is 115 Å². The summed E-state index contributed by atoms with van der Waals surface area (Å²) >= 11 is 0. The number of benzene rings is 9. The molecule has 2 aliphatic carbocycles. The van der Waals surface area contributed by atoms with Crippen LogP contribution in [-0.4, -0.2) is 6.72 Å². The highest BCUT2D eigenvalue weighted by molar-refractivity contribution is 5.91. The summed E-state index contributed by atoms with van der Waals surface area (Å²) in [5.74, 6) is 0. The molecular formula is C69H66N2. The van der Waals surface area contributed by atoms with Gasteiger partial charge in [-0.3, -0.25) is 4.99 Å². The van der Waals surface area contributed by atoms with E-state index in [1.54, 1.807) is 0 Å². The highest BCUT2D eigenvalue weighted by atomic mass is 14.7. The first-order valence-electron chi connectivity index (χ1n) is 25.1. The Bertz CT molecular complexity index is 3170. The Hall–Kier alpha value is -7.91. The molecule has 71 heavy (non-hydrogen) atoms. The van der Waals surface area contributed by atoms with Crippen LogP contribution in [0.25, 0.3) is 33.9 Å². The molecule has 0 saturated heterocycles. The maximum absolute atomic E-state index is 6.49. The predicted octanol–water partition coefficient (Wildman–Crippen LogP) is 17.1. The molecule has 2 N–H and O–H groups in total. The van der Waals surface area contributed by atoms with E-state index >= 15 is 0 Å². The summed E-state index contributed by atoms with van der Waals surface area (Å²) in [4.78, 5) is 3.76. The SMILES string of the molecule is C=NCc1ccccc1.CC.CC1(C)c2ccccc2C2(c3ccc(/C=C/C(=C\Cc4ccccc4)c4ccccc4)cc3-c3c(CN)cccc32)c2ccccc21.Cc1ccc(-c2ccccc2)cc1. The summed E-state index contributed by atoms with van der Waals surface area (Å²) in [5, 5.41) is 0. The Morgan fingerprint density at radius 2 is 1.03 bits per heavy atom. The maximum atomic E-state index is 6.49. The Labute approximate surface area is 423 Å². The minimum atomic E-state index is -0.411. The lowest BCUT2D eigenvalue weighted by atomic mass is 9.55. The van der Waals surface area contributed by atoms with Gasteiger partial charge in [-0.2, -0.15) is 0 Å². The van der Waals surface area contributed by atoms with Crippen molar-refractivity contribution in [1.82, 2.24) is 0 Å². The van der Waals surface area contributed by atoms with Gasteiger partial charge in [-0.15, -0.1) is 0 Å². The summed E-state index contributed by atoms with van der Waals surface area (Å²) < 4.78 is 0. The van der Waals surface area contributed by atoms with Crippen LogP contribution < -0.4 is 5.73 Å². The molecule has 0 radical (unpaired) electrons. The normalized spacial score (nSPS) is 13.1. The number of fused-ring (bicyclic) bond motifs is 9. The van der Waals surface area contributed by atoms with E-state index in [9.17, 15) is 0 Å². The Balaban J connectivity index is 0.000000230. The van der Waals surface area contributed by atoms with Crippen molar-refractivity contribution in [3.8, 4) is 22.3 Å². The van der Waals surface area contributed by atoms with Gasteiger partial charge < -0.3 is 5.73 Å². The average Bonchev–Trinajstić information content (AvgIpc) is 3.73. The zero-order valence-electron chi connectivity index (χ0n) is 42.0. The number of rotatable bonds is 9. The van der Waals surface area contributed by atoms with E-state index in [0.29, 0.717) is 6.54 Å². The van der Waals surface area contributed by atoms with E-state index in [-0.39, 0.29) is 5.41 Å². The first-order chi connectivity index (χ1) is 34.8. The van der Waals surface area contributed by atoms with Gasteiger partial charge in [0, 0.05) is 12.0 Å². The average molecular weight is 923 g/mol. The van der Waals surface area contributed by atoms with Crippen molar-refractivity contribution in [2.75, 3.05) is 0 Å². The van der Waals surface area contributed by atoms with Crippen LogP contribution in [0.3, 0.4) is 0 Å². The monoisotopic (exact) mass is 923 g/mol. The zero-order valence-corrected chi connectivity index (χ0v) is 42.0. The molecule has 0 aliphatic heterocycles. The van der Waals surface area contributed by atoms with Crippen LogP contribution in [0.1, 0.15) is 94.5 Å². The molecule has 9 aromatic carbocycles. The molecule has 0 aromatic heterocycles. The van der Waals surface area contributed by atoms with Crippen LogP contribution in [0.4, 0.5) is 0 Å². The van der Waals surface area contributed by atoms with Crippen molar-refractivity contribution in [1.29, 1.82) is 0 Å². The topological polar surface area (TPSA) is 38.4 Å². The van der Waals surface area contributed by atoms with Gasteiger partial charge in [0.25, 0.3) is 0 Å². The number of aryl methyl sites for hydroxylation is 1. The Morgan fingerprint density at radius 1 is 0.521 bits per heavy atom. The number of aliphatic imine (C=N–C) groups is 1. The minimum Gasteiger partial charge on any atom is -0.326 e. The van der Waals surface area contributed by atoms with Gasteiger partial charge in [0.05, 0.1) is 12.0 Å². The third-order valence-corrected chi connectivity index (χ3v) is 13.8. The first-order valence-corrected chi connectivity index (χ1v) is 25.1. The van der Waals surface area contributed by atoms with Crippen LogP contribution >= 0.6 is 0 Å². The Kier molecular flexibility index (Phi) is 16.1. The molecule has 0 heterocycles. The second kappa shape index (κ2) is 23.1. The molecule has 1 spiro atoms. The quantitative estimate of drug-likeness (QED) is 0.114. The number of hydrogen-bond acceptors (Lipinski definition) is 2. The van der Waals surface area contributed by atoms with Crippen LogP contribution in [0.5, 0.6) is 0 Å². The van der Waals surface area contributed by atoms with Crippen LogP contribution in [-0.2, 0) is 30.3 Å². The van der Waals surface area contributed by atoms with Gasteiger partial charge in [-0.25, -0.2) is 0 Å². The molecule has 0 saturated carbocycles. The van der Waals surface area contributed by atoms with Gasteiger partial charge in [0.15, 0.2) is 0 Å². The summed E-state index contributed by atoms with van der Waals surface area (Å²) in [6.07, 6.45) is 7.76. The molecular weight excluding hydrogens is 857 g/mol. The summed E-state index contributed by atoms with van der Waals surface area (Å²) in [6.45, 7) is 15.5. The van der Waals surface area contributed by atoms with Gasteiger partial charge >= 0.3 is 0 Å². The van der Waals surface area contributed by atoms with Crippen molar-refractivity contribution in [2.24, 2.45) is 10.7 Å². The number of nitrogens with two attached hydrogens (primary N) is 1. The molecule has 0 amide bonds. The smallest absolute Gasteiger partial charge is 0.0719 e. The fourth-order valence-electron chi connectivity index (χ4n) is 10.4. The van der Waals surface area contributed by atoms with E-state index in [2.05, 4.69) is 245 Å². The molecule has 0 unspecified atom stereocenters. The van der Waals surface area contributed by atoms with E-state index < -0.39 is 5.41 Å². The third-order valence-electron chi connectivity index (χ3n) is 13.8. The molecule has 352 valence electrons. The second-order valence-corrected chi connectivity index (χ2v) is 18.5. The lowest BCUT2D eigenvalue weighted by Crippen LogP contribution is -2.40. The van der Waals surface area contributed by atoms with Gasteiger partial charge in [-0.1, -0.05) is 276 Å². The summed E-state index contributed by atoms with van der Waals surface area (Å²) in [5.41, 5.74) is 27.9. The minimum absolute atomic E-state index is 0.116. The Morgan fingerprint density at radius 3 is 1.61 bits per heavy atom. The molecule has 0 fully saturated rings. The van der Waals surface area contributed by atoms with Crippen LogP contribution in [0, 0.1) is 6.92 Å².